The number of aliphatic imine (C=N–C) groups is 1. The van der Waals surface area contributed by atoms with Crippen LogP contribution in [0.15, 0.2) is 4.99 Å². The van der Waals surface area contributed by atoms with Crippen molar-refractivity contribution in [2.24, 2.45) is 4.99 Å². The molecule has 0 heterocycles. The third-order valence-corrected chi connectivity index (χ3v) is 5.79. The summed E-state index contributed by atoms with van der Waals surface area (Å²) in [5, 5.41) is 9.10. The summed E-state index contributed by atoms with van der Waals surface area (Å²) >= 11 is 0. The summed E-state index contributed by atoms with van der Waals surface area (Å²) in [5.41, 5.74) is -1.05. The quantitative estimate of drug-likeness (QED) is 0.407. The van der Waals surface area contributed by atoms with E-state index in [0.717, 1.165) is 0 Å². The number of hydrogen-bond donors (Lipinski definition) is 3. The first-order chi connectivity index (χ1) is 11.9. The van der Waals surface area contributed by atoms with Crippen molar-refractivity contribution in [3.8, 4) is 0 Å². The number of sulfone groups is 1. The van der Waals surface area contributed by atoms with Crippen LogP contribution in [0.1, 0.15) is 54.4 Å². The van der Waals surface area contributed by atoms with Crippen LogP contribution in [-0.4, -0.2) is 63.3 Å². The molecule has 0 saturated heterocycles. The molecule has 26 heavy (non-hydrogen) atoms. The van der Waals surface area contributed by atoms with Crippen molar-refractivity contribution in [3.63, 3.8) is 0 Å². The molecule has 0 aliphatic heterocycles. The molecule has 0 aromatic heterocycles. The van der Waals surface area contributed by atoms with Crippen molar-refractivity contribution >= 4 is 21.9 Å². The van der Waals surface area contributed by atoms with Gasteiger partial charge in [-0.15, -0.1) is 0 Å². The predicted molar refractivity (Wildman–Crippen MR) is 106 cm³/mol. The first kappa shape index (κ1) is 24.5. The highest BCUT2D eigenvalue weighted by atomic mass is 32.2. The smallest absolute Gasteiger partial charge is 0.408 e. The minimum Gasteiger partial charge on any atom is -0.444 e. The average Bonchev–Trinajstić information content (AvgIpc) is 2.54. The van der Waals surface area contributed by atoms with E-state index in [1.54, 1.807) is 14.0 Å². The molecule has 0 saturated carbocycles. The maximum Gasteiger partial charge on any atom is 0.408 e. The second kappa shape index (κ2) is 10.6. The van der Waals surface area contributed by atoms with Crippen LogP contribution in [0.5, 0.6) is 0 Å². The van der Waals surface area contributed by atoms with Crippen LogP contribution in [-0.2, 0) is 14.6 Å². The number of amides is 1. The van der Waals surface area contributed by atoms with Gasteiger partial charge in [-0.2, -0.15) is 0 Å². The average molecular weight is 393 g/mol. The molecule has 154 valence electrons. The van der Waals surface area contributed by atoms with E-state index in [9.17, 15) is 13.2 Å². The van der Waals surface area contributed by atoms with Crippen LogP contribution in [0, 0.1) is 0 Å². The summed E-state index contributed by atoms with van der Waals surface area (Å²) in [5.74, 6) is 0.663. The summed E-state index contributed by atoms with van der Waals surface area (Å²) in [6.07, 6.45) is 0.952. The molecule has 3 N–H and O–H groups in total. The van der Waals surface area contributed by atoms with Crippen LogP contribution in [0.25, 0.3) is 0 Å². The van der Waals surface area contributed by atoms with Crippen molar-refractivity contribution in [2.75, 3.05) is 31.6 Å². The van der Waals surface area contributed by atoms with Crippen LogP contribution in [0.3, 0.4) is 0 Å². The van der Waals surface area contributed by atoms with Gasteiger partial charge in [-0.3, -0.25) is 4.99 Å². The predicted octanol–water partition coefficient (Wildman–Crippen LogP) is 1.67. The zero-order valence-electron chi connectivity index (χ0n) is 17.2. The second-order valence-corrected chi connectivity index (χ2v) is 9.68. The Hall–Kier alpha value is -1.51. The van der Waals surface area contributed by atoms with Crippen molar-refractivity contribution in [1.82, 2.24) is 16.0 Å². The SMILES string of the molecule is CCC(CC)(CNC(=NC)NCCS(=O)(=O)CC)NC(=O)OC(C)(C)C. The van der Waals surface area contributed by atoms with Crippen molar-refractivity contribution < 1.29 is 17.9 Å². The molecule has 0 aliphatic carbocycles. The van der Waals surface area contributed by atoms with Gasteiger partial charge in [0.2, 0.25) is 0 Å². The highest BCUT2D eigenvalue weighted by molar-refractivity contribution is 7.91. The molecule has 0 spiro atoms. The molecule has 0 rings (SSSR count). The number of guanidine groups is 1. The third kappa shape index (κ3) is 9.84. The summed E-state index contributed by atoms with van der Waals surface area (Å²) in [6.45, 7) is 11.8. The summed E-state index contributed by atoms with van der Waals surface area (Å²) in [6, 6.07) is 0. The first-order valence-corrected chi connectivity index (χ1v) is 10.9. The van der Waals surface area contributed by atoms with Gasteiger partial charge in [-0.05, 0) is 33.6 Å². The van der Waals surface area contributed by atoms with Gasteiger partial charge < -0.3 is 20.7 Å². The number of nitrogens with one attached hydrogen (secondary N) is 3. The minimum atomic E-state index is -3.03. The Kier molecular flexibility index (Phi) is 9.98. The fourth-order valence-corrected chi connectivity index (χ4v) is 2.89. The van der Waals surface area contributed by atoms with Crippen molar-refractivity contribution in [1.29, 1.82) is 0 Å². The molecule has 9 heteroatoms. The molecule has 0 unspecified atom stereocenters. The maximum atomic E-state index is 12.1. The number of nitrogens with zero attached hydrogens (tertiary/aromatic N) is 1. The molecule has 1 amide bonds. The minimum absolute atomic E-state index is 0.0487. The van der Waals surface area contributed by atoms with E-state index >= 15 is 0 Å². The lowest BCUT2D eigenvalue weighted by Gasteiger charge is -2.34. The molecule has 0 fully saturated rings. The first-order valence-electron chi connectivity index (χ1n) is 9.08. The van der Waals surface area contributed by atoms with Crippen LogP contribution in [0.2, 0.25) is 0 Å². The Balaban J connectivity index is 4.75. The topological polar surface area (TPSA) is 109 Å². The van der Waals surface area contributed by atoms with Gasteiger partial charge in [0.05, 0.1) is 11.3 Å². The maximum absolute atomic E-state index is 12.1. The monoisotopic (exact) mass is 392 g/mol. The summed E-state index contributed by atoms with van der Waals surface area (Å²) < 4.78 is 28.5. The number of carbonyl (C=O) groups excluding carboxylic acids is 1. The fourth-order valence-electron chi connectivity index (χ4n) is 2.18. The zero-order chi connectivity index (χ0) is 20.4. The molecule has 0 atom stereocenters. The lowest BCUT2D eigenvalue weighted by atomic mass is 9.93. The van der Waals surface area contributed by atoms with E-state index in [2.05, 4.69) is 20.9 Å². The number of rotatable bonds is 9. The van der Waals surface area contributed by atoms with Gasteiger partial charge in [0.25, 0.3) is 0 Å². The molecular formula is C17H36N4O4S. The standard InChI is InChI=1S/C17H36N4O4S/c1-8-17(9-2,21-15(22)25-16(4,5)6)13-20-14(18-7)19-11-12-26(23,24)10-3/h8-13H2,1-7H3,(H,21,22)(H2,18,19,20). The molecular weight excluding hydrogens is 356 g/mol. The fraction of sp³-hybridized carbons (Fsp3) is 0.882. The van der Waals surface area contributed by atoms with Gasteiger partial charge in [-0.25, -0.2) is 13.2 Å². The Morgan fingerprint density at radius 2 is 1.65 bits per heavy atom. The molecule has 0 bridgehead atoms. The second-order valence-electron chi connectivity index (χ2n) is 7.20. The number of carbonyl (C=O) groups is 1. The molecule has 0 aromatic rings. The third-order valence-electron chi connectivity index (χ3n) is 4.08. The highest BCUT2D eigenvalue weighted by Gasteiger charge is 2.30. The number of alkyl carbamates (subject to hydrolysis) is 1. The van der Waals surface area contributed by atoms with Gasteiger partial charge in [0.15, 0.2) is 15.8 Å². The van der Waals surface area contributed by atoms with Crippen molar-refractivity contribution in [2.45, 2.75) is 65.5 Å². The van der Waals surface area contributed by atoms with Gasteiger partial charge in [0, 0.05) is 25.9 Å². The summed E-state index contributed by atoms with van der Waals surface area (Å²) in [7, 11) is -1.41. The van der Waals surface area contributed by atoms with E-state index in [4.69, 9.17) is 4.74 Å². The normalized spacial score (nSPS) is 13.3. The molecule has 8 nitrogen and oxygen atoms in total. The summed E-state index contributed by atoms with van der Waals surface area (Å²) in [4.78, 5) is 16.2. The Labute approximate surface area is 158 Å². The van der Waals surface area contributed by atoms with Crippen LogP contribution < -0.4 is 16.0 Å². The molecule has 0 aromatic carbocycles. The van der Waals surface area contributed by atoms with Gasteiger partial charge >= 0.3 is 6.09 Å². The molecule has 0 radical (unpaired) electrons. The lowest BCUT2D eigenvalue weighted by molar-refractivity contribution is 0.0448. The largest absolute Gasteiger partial charge is 0.444 e. The Morgan fingerprint density at radius 3 is 2.08 bits per heavy atom. The van der Waals surface area contributed by atoms with E-state index in [-0.39, 0.29) is 18.1 Å². The van der Waals surface area contributed by atoms with E-state index < -0.39 is 27.1 Å². The van der Waals surface area contributed by atoms with E-state index in [0.29, 0.717) is 25.3 Å². The highest BCUT2D eigenvalue weighted by Crippen LogP contribution is 2.16. The zero-order valence-corrected chi connectivity index (χ0v) is 18.0. The van der Waals surface area contributed by atoms with Gasteiger partial charge in [-0.1, -0.05) is 20.8 Å². The Morgan fingerprint density at radius 1 is 1.08 bits per heavy atom. The number of ether oxygens (including phenoxy) is 1. The van der Waals surface area contributed by atoms with E-state index in [1.165, 1.54) is 0 Å². The lowest BCUT2D eigenvalue weighted by Crippen LogP contribution is -2.57. The Bertz CT molecular complexity index is 564. The van der Waals surface area contributed by atoms with E-state index in [1.807, 2.05) is 34.6 Å². The van der Waals surface area contributed by atoms with Crippen molar-refractivity contribution in [3.05, 3.63) is 0 Å². The number of hydrogen-bond acceptors (Lipinski definition) is 5. The molecule has 0 aliphatic rings. The van der Waals surface area contributed by atoms with Crippen LogP contribution in [0.4, 0.5) is 4.79 Å². The van der Waals surface area contributed by atoms with Crippen LogP contribution >= 0.6 is 0 Å². The van der Waals surface area contributed by atoms with Gasteiger partial charge in [0.1, 0.15) is 5.60 Å².